The van der Waals surface area contributed by atoms with E-state index in [0.717, 1.165) is 4.68 Å². The van der Waals surface area contributed by atoms with Gasteiger partial charge in [0.1, 0.15) is 5.69 Å². The lowest BCUT2D eigenvalue weighted by Crippen LogP contribution is -2.08. The van der Waals surface area contributed by atoms with E-state index in [2.05, 4.69) is 5.10 Å². The van der Waals surface area contributed by atoms with E-state index in [1.165, 1.54) is 0 Å². The van der Waals surface area contributed by atoms with Gasteiger partial charge in [0.25, 0.3) is 6.43 Å². The van der Waals surface area contributed by atoms with Gasteiger partial charge in [-0.1, -0.05) is 11.6 Å². The highest BCUT2D eigenvalue weighted by Crippen LogP contribution is 2.29. The molecule has 78 valence electrons. The lowest BCUT2D eigenvalue weighted by atomic mass is 10.2. The first kappa shape index (κ1) is 11.1. The zero-order valence-corrected chi connectivity index (χ0v) is 8.42. The first-order valence-electron chi connectivity index (χ1n) is 4.00. The minimum atomic E-state index is -2.75. The highest BCUT2D eigenvalue weighted by molar-refractivity contribution is 6.31. The maximum absolute atomic E-state index is 12.6. The molecule has 6 heteroatoms. The lowest BCUT2D eigenvalue weighted by molar-refractivity contribution is 0.109. The Morgan fingerprint density at radius 2 is 2.07 bits per heavy atom. The molecular weight excluding hydrogens is 214 g/mol. The van der Waals surface area contributed by atoms with Gasteiger partial charge < -0.3 is 0 Å². The second kappa shape index (κ2) is 4.04. The van der Waals surface area contributed by atoms with Crippen LogP contribution in [0.3, 0.4) is 0 Å². The Labute approximate surface area is 84.7 Å². The van der Waals surface area contributed by atoms with Crippen molar-refractivity contribution >= 4 is 17.9 Å². The van der Waals surface area contributed by atoms with E-state index in [0.29, 0.717) is 6.29 Å². The standard InChI is InChI=1S/C8H9ClF2N2O/c1-4(2)13-6(8(10)11)5(3-14)7(9)12-13/h3-4,8H,1-2H3. The third-order valence-corrected chi connectivity index (χ3v) is 2.03. The molecule has 1 aromatic rings. The molecule has 3 nitrogen and oxygen atoms in total. The molecule has 14 heavy (non-hydrogen) atoms. The summed E-state index contributed by atoms with van der Waals surface area (Å²) in [6.45, 7) is 3.37. The molecule has 0 N–H and O–H groups in total. The average molecular weight is 223 g/mol. The van der Waals surface area contributed by atoms with Gasteiger partial charge in [-0.25, -0.2) is 8.78 Å². The molecule has 0 unspecified atom stereocenters. The van der Waals surface area contributed by atoms with Crippen molar-refractivity contribution in [3.8, 4) is 0 Å². The van der Waals surface area contributed by atoms with Crippen LogP contribution >= 0.6 is 11.6 Å². The Bertz CT molecular complexity index is 349. The number of halogens is 3. The molecule has 0 amide bonds. The molecule has 0 fully saturated rings. The van der Waals surface area contributed by atoms with Crippen molar-refractivity contribution < 1.29 is 13.6 Å². The van der Waals surface area contributed by atoms with Crippen LogP contribution < -0.4 is 0 Å². The Balaban J connectivity index is 3.37. The smallest absolute Gasteiger partial charge is 0.280 e. The molecule has 0 atom stereocenters. The van der Waals surface area contributed by atoms with E-state index in [1.807, 2.05) is 0 Å². The SMILES string of the molecule is CC(C)n1nc(Cl)c(C=O)c1C(F)F. The van der Waals surface area contributed by atoms with Gasteiger partial charge in [-0.3, -0.25) is 9.48 Å². The van der Waals surface area contributed by atoms with Crippen LogP contribution in [0.15, 0.2) is 0 Å². The van der Waals surface area contributed by atoms with Crippen molar-refractivity contribution in [3.05, 3.63) is 16.4 Å². The number of hydrogen-bond acceptors (Lipinski definition) is 2. The number of aldehydes is 1. The van der Waals surface area contributed by atoms with Crippen LogP contribution in [0, 0.1) is 0 Å². The number of carbonyl (C=O) groups excluding carboxylic acids is 1. The Morgan fingerprint density at radius 1 is 1.50 bits per heavy atom. The quantitative estimate of drug-likeness (QED) is 0.737. The number of nitrogens with zero attached hydrogens (tertiary/aromatic N) is 2. The van der Waals surface area contributed by atoms with Crippen LogP contribution in [0.5, 0.6) is 0 Å². The second-order valence-electron chi connectivity index (χ2n) is 3.05. The van der Waals surface area contributed by atoms with Crippen molar-refractivity contribution in [2.24, 2.45) is 0 Å². The average Bonchev–Trinajstić information content (AvgIpc) is 2.42. The van der Waals surface area contributed by atoms with Gasteiger partial charge in [0, 0.05) is 6.04 Å². The highest BCUT2D eigenvalue weighted by atomic mass is 35.5. The number of aromatic nitrogens is 2. The largest absolute Gasteiger partial charge is 0.298 e. The fourth-order valence-electron chi connectivity index (χ4n) is 1.15. The first-order valence-corrected chi connectivity index (χ1v) is 4.38. The van der Waals surface area contributed by atoms with Gasteiger partial charge in [0.05, 0.1) is 5.56 Å². The molecule has 1 rings (SSSR count). The number of hydrogen-bond donors (Lipinski definition) is 0. The van der Waals surface area contributed by atoms with Gasteiger partial charge >= 0.3 is 0 Å². The summed E-state index contributed by atoms with van der Waals surface area (Å²) in [5.74, 6) is 0. The molecule has 0 aromatic carbocycles. The minimum absolute atomic E-state index is 0.177. The van der Waals surface area contributed by atoms with Crippen LogP contribution in [-0.4, -0.2) is 16.1 Å². The first-order chi connectivity index (χ1) is 6.49. The zero-order valence-electron chi connectivity index (χ0n) is 7.67. The predicted octanol–water partition coefficient (Wildman–Crippen LogP) is 2.87. The summed E-state index contributed by atoms with van der Waals surface area (Å²) < 4.78 is 26.2. The van der Waals surface area contributed by atoms with E-state index < -0.39 is 12.1 Å². The topological polar surface area (TPSA) is 34.9 Å². The van der Waals surface area contributed by atoms with Gasteiger partial charge in [0.2, 0.25) is 0 Å². The van der Waals surface area contributed by atoms with Gasteiger partial charge in [-0.15, -0.1) is 0 Å². The molecule has 0 aliphatic heterocycles. The lowest BCUT2D eigenvalue weighted by Gasteiger charge is -2.09. The van der Waals surface area contributed by atoms with Crippen molar-refractivity contribution in [1.82, 2.24) is 9.78 Å². The summed E-state index contributed by atoms with van der Waals surface area (Å²) in [7, 11) is 0. The fraction of sp³-hybridized carbons (Fsp3) is 0.500. The van der Waals surface area contributed by atoms with E-state index >= 15 is 0 Å². The number of alkyl halides is 2. The van der Waals surface area contributed by atoms with Crippen molar-refractivity contribution in [3.63, 3.8) is 0 Å². The maximum Gasteiger partial charge on any atom is 0.280 e. The van der Waals surface area contributed by atoms with Crippen LogP contribution in [0.2, 0.25) is 5.15 Å². The van der Waals surface area contributed by atoms with Crippen LogP contribution in [-0.2, 0) is 0 Å². The predicted molar refractivity (Wildman–Crippen MR) is 48.0 cm³/mol. The van der Waals surface area contributed by atoms with Crippen molar-refractivity contribution in [2.75, 3.05) is 0 Å². The highest BCUT2D eigenvalue weighted by Gasteiger charge is 2.24. The fourth-order valence-corrected chi connectivity index (χ4v) is 1.37. The summed E-state index contributed by atoms with van der Waals surface area (Å²) in [4.78, 5) is 10.5. The van der Waals surface area contributed by atoms with Crippen LogP contribution in [0.4, 0.5) is 8.78 Å². The molecule has 0 aliphatic carbocycles. The molecule has 1 aromatic heterocycles. The summed E-state index contributed by atoms with van der Waals surface area (Å²) in [6, 6.07) is -0.259. The van der Waals surface area contributed by atoms with E-state index in [-0.39, 0.29) is 16.8 Å². The summed E-state index contributed by atoms with van der Waals surface area (Å²) >= 11 is 5.54. The summed E-state index contributed by atoms with van der Waals surface area (Å²) in [6.07, 6.45) is -2.45. The molecule has 0 bridgehead atoms. The van der Waals surface area contributed by atoms with Crippen LogP contribution in [0.25, 0.3) is 0 Å². The summed E-state index contributed by atoms with van der Waals surface area (Å²) in [5.41, 5.74) is -0.643. The number of rotatable bonds is 3. The van der Waals surface area contributed by atoms with Crippen molar-refractivity contribution in [2.45, 2.75) is 26.3 Å². The van der Waals surface area contributed by atoms with Crippen molar-refractivity contribution in [1.29, 1.82) is 0 Å². The minimum Gasteiger partial charge on any atom is -0.298 e. The Kier molecular flexibility index (Phi) is 3.21. The third-order valence-electron chi connectivity index (χ3n) is 1.75. The molecule has 0 saturated carbocycles. The van der Waals surface area contributed by atoms with Gasteiger partial charge in [-0.2, -0.15) is 5.10 Å². The summed E-state index contributed by atoms with van der Waals surface area (Å²) in [5, 5.41) is 3.50. The zero-order chi connectivity index (χ0) is 10.9. The Morgan fingerprint density at radius 3 is 2.43 bits per heavy atom. The molecule has 0 radical (unpaired) electrons. The third kappa shape index (κ3) is 1.77. The van der Waals surface area contributed by atoms with E-state index in [9.17, 15) is 13.6 Å². The van der Waals surface area contributed by atoms with E-state index in [4.69, 9.17) is 11.6 Å². The Hall–Kier alpha value is -0.970. The molecule has 0 spiro atoms. The second-order valence-corrected chi connectivity index (χ2v) is 3.40. The molecule has 1 heterocycles. The molecule has 0 saturated heterocycles. The van der Waals surface area contributed by atoms with E-state index in [1.54, 1.807) is 13.8 Å². The van der Waals surface area contributed by atoms with Gasteiger partial charge in [-0.05, 0) is 13.8 Å². The molecule has 0 aliphatic rings. The maximum atomic E-state index is 12.6. The molecular formula is C8H9ClF2N2O. The normalized spacial score (nSPS) is 11.4. The number of carbonyl (C=O) groups is 1. The van der Waals surface area contributed by atoms with Crippen LogP contribution in [0.1, 0.15) is 42.4 Å². The monoisotopic (exact) mass is 222 g/mol. The van der Waals surface area contributed by atoms with Gasteiger partial charge in [0.15, 0.2) is 11.4 Å².